The Morgan fingerprint density at radius 3 is 2.25 bits per heavy atom. The maximum atomic E-state index is 13.0. The molecular formula is C10H7F3O3. The minimum atomic E-state index is -1.80. The molecule has 3 nitrogen and oxygen atoms in total. The van der Waals surface area contributed by atoms with Gasteiger partial charge in [-0.2, -0.15) is 4.39 Å². The quantitative estimate of drug-likeness (QED) is 0.766. The normalized spacial score (nSPS) is 17.2. The highest BCUT2D eigenvalue weighted by Crippen LogP contribution is 2.52. The highest BCUT2D eigenvalue weighted by molar-refractivity contribution is 5.86. The molecule has 0 atom stereocenters. The van der Waals surface area contributed by atoms with Gasteiger partial charge in [-0.05, 0) is 18.9 Å². The van der Waals surface area contributed by atoms with E-state index in [0.717, 1.165) is 0 Å². The molecule has 2 rings (SSSR count). The Morgan fingerprint density at radius 2 is 1.81 bits per heavy atom. The van der Waals surface area contributed by atoms with Crippen molar-refractivity contribution >= 4 is 5.97 Å². The number of rotatable bonds is 2. The van der Waals surface area contributed by atoms with Crippen LogP contribution in [0.1, 0.15) is 18.4 Å². The lowest BCUT2D eigenvalue weighted by atomic mass is 9.94. The number of hydrogen-bond acceptors (Lipinski definition) is 2. The number of halogens is 3. The van der Waals surface area contributed by atoms with E-state index in [4.69, 9.17) is 5.11 Å². The average Bonchev–Trinajstić information content (AvgIpc) is 3.01. The first kappa shape index (κ1) is 10.8. The summed E-state index contributed by atoms with van der Waals surface area (Å²) in [7, 11) is 0. The zero-order valence-corrected chi connectivity index (χ0v) is 7.93. The first-order valence-electron chi connectivity index (χ1n) is 4.50. The monoisotopic (exact) mass is 232 g/mol. The molecule has 0 spiro atoms. The van der Waals surface area contributed by atoms with Crippen molar-refractivity contribution in [3.8, 4) is 5.75 Å². The maximum absolute atomic E-state index is 13.0. The SMILES string of the molecule is O=C(O)C1(c2cc(F)c(F)c(F)c2O)CC1. The summed E-state index contributed by atoms with van der Waals surface area (Å²) in [6.07, 6.45) is 0.334. The maximum Gasteiger partial charge on any atom is 0.314 e. The van der Waals surface area contributed by atoms with Gasteiger partial charge < -0.3 is 10.2 Å². The molecule has 0 saturated heterocycles. The lowest BCUT2D eigenvalue weighted by Gasteiger charge is -2.13. The van der Waals surface area contributed by atoms with Crippen LogP contribution in [0.2, 0.25) is 0 Å². The molecule has 0 radical (unpaired) electrons. The molecule has 1 aliphatic carbocycles. The summed E-state index contributed by atoms with van der Waals surface area (Å²) in [5.74, 6) is -7.46. The molecule has 1 aliphatic rings. The molecule has 0 aromatic heterocycles. The highest BCUT2D eigenvalue weighted by Gasteiger charge is 2.54. The molecule has 6 heteroatoms. The van der Waals surface area contributed by atoms with Crippen molar-refractivity contribution in [2.24, 2.45) is 0 Å². The molecule has 1 saturated carbocycles. The van der Waals surface area contributed by atoms with Gasteiger partial charge in [-0.15, -0.1) is 0 Å². The van der Waals surface area contributed by atoms with E-state index in [0.29, 0.717) is 6.07 Å². The highest BCUT2D eigenvalue weighted by atomic mass is 19.2. The van der Waals surface area contributed by atoms with Gasteiger partial charge in [0.2, 0.25) is 5.82 Å². The summed E-state index contributed by atoms with van der Waals surface area (Å²) in [5.41, 5.74) is -1.88. The summed E-state index contributed by atoms with van der Waals surface area (Å²) in [4.78, 5) is 10.9. The Bertz CT molecular complexity index is 481. The zero-order valence-electron chi connectivity index (χ0n) is 7.93. The number of carboxylic acids is 1. The van der Waals surface area contributed by atoms with Crippen LogP contribution < -0.4 is 0 Å². The van der Waals surface area contributed by atoms with Gasteiger partial charge in [-0.1, -0.05) is 0 Å². The molecule has 0 amide bonds. The number of benzene rings is 1. The minimum absolute atomic E-state index is 0.167. The zero-order chi connectivity index (χ0) is 12.1. The van der Waals surface area contributed by atoms with E-state index in [1.54, 1.807) is 0 Å². The Morgan fingerprint density at radius 1 is 1.25 bits per heavy atom. The van der Waals surface area contributed by atoms with Crippen LogP contribution in [-0.2, 0) is 10.2 Å². The van der Waals surface area contributed by atoms with E-state index in [2.05, 4.69) is 0 Å². The van der Waals surface area contributed by atoms with Crippen LogP contribution in [-0.4, -0.2) is 16.2 Å². The van der Waals surface area contributed by atoms with E-state index in [9.17, 15) is 23.1 Å². The fourth-order valence-corrected chi connectivity index (χ4v) is 1.67. The smallest absolute Gasteiger partial charge is 0.314 e. The van der Waals surface area contributed by atoms with Crippen molar-refractivity contribution in [3.63, 3.8) is 0 Å². The summed E-state index contributed by atoms with van der Waals surface area (Å²) in [6.45, 7) is 0. The number of aliphatic carboxylic acids is 1. The Balaban J connectivity index is 2.63. The second-order valence-corrected chi connectivity index (χ2v) is 3.77. The van der Waals surface area contributed by atoms with E-state index in [1.165, 1.54) is 0 Å². The van der Waals surface area contributed by atoms with Crippen molar-refractivity contribution in [1.29, 1.82) is 0 Å². The Labute approximate surface area is 88.1 Å². The van der Waals surface area contributed by atoms with Gasteiger partial charge in [0.25, 0.3) is 0 Å². The third-order valence-electron chi connectivity index (χ3n) is 2.81. The van der Waals surface area contributed by atoms with Crippen LogP contribution in [0, 0.1) is 17.5 Å². The standard InChI is InChI=1S/C10H7F3O3/c11-5-3-4(8(14)7(13)6(5)12)10(1-2-10)9(15)16/h3,14H,1-2H2,(H,15,16). The van der Waals surface area contributed by atoms with Crippen molar-refractivity contribution < 1.29 is 28.2 Å². The van der Waals surface area contributed by atoms with Crippen LogP contribution in [0.3, 0.4) is 0 Å². The largest absolute Gasteiger partial charge is 0.505 e. The average molecular weight is 232 g/mol. The summed E-state index contributed by atoms with van der Waals surface area (Å²) >= 11 is 0. The molecule has 1 fully saturated rings. The lowest BCUT2D eigenvalue weighted by Crippen LogP contribution is -2.20. The Hall–Kier alpha value is -1.72. The van der Waals surface area contributed by atoms with Crippen molar-refractivity contribution in [3.05, 3.63) is 29.1 Å². The number of aromatic hydroxyl groups is 1. The molecule has 2 N–H and O–H groups in total. The van der Waals surface area contributed by atoms with Gasteiger partial charge in [-0.3, -0.25) is 4.79 Å². The molecule has 0 bridgehead atoms. The van der Waals surface area contributed by atoms with Crippen molar-refractivity contribution in [1.82, 2.24) is 0 Å². The van der Waals surface area contributed by atoms with Gasteiger partial charge in [-0.25, -0.2) is 8.78 Å². The minimum Gasteiger partial charge on any atom is -0.505 e. The Kier molecular flexibility index (Phi) is 2.11. The number of phenols is 1. The van der Waals surface area contributed by atoms with Gasteiger partial charge in [0.15, 0.2) is 17.4 Å². The van der Waals surface area contributed by atoms with E-state index < -0.39 is 40.1 Å². The third kappa shape index (κ3) is 1.26. The number of carboxylic acid groups (broad SMARTS) is 1. The van der Waals surface area contributed by atoms with Crippen molar-refractivity contribution in [2.75, 3.05) is 0 Å². The van der Waals surface area contributed by atoms with Gasteiger partial charge >= 0.3 is 5.97 Å². The number of phenolic OH excluding ortho intramolecular Hbond substituents is 1. The number of hydrogen-bond donors (Lipinski definition) is 2. The van der Waals surface area contributed by atoms with Gasteiger partial charge in [0.1, 0.15) is 0 Å². The third-order valence-corrected chi connectivity index (χ3v) is 2.81. The predicted molar refractivity (Wildman–Crippen MR) is 46.5 cm³/mol. The fourth-order valence-electron chi connectivity index (χ4n) is 1.67. The van der Waals surface area contributed by atoms with Gasteiger partial charge in [0.05, 0.1) is 5.41 Å². The summed E-state index contributed by atoms with van der Waals surface area (Å²) < 4.78 is 38.7. The molecule has 0 unspecified atom stereocenters. The summed E-state index contributed by atoms with van der Waals surface area (Å²) in [6, 6.07) is 0.537. The van der Waals surface area contributed by atoms with Crippen LogP contribution >= 0.6 is 0 Å². The molecule has 86 valence electrons. The van der Waals surface area contributed by atoms with Crippen LogP contribution in [0.15, 0.2) is 6.07 Å². The first-order valence-corrected chi connectivity index (χ1v) is 4.50. The molecule has 1 aromatic carbocycles. The molecule has 0 aliphatic heterocycles. The second kappa shape index (κ2) is 3.13. The van der Waals surface area contributed by atoms with E-state index >= 15 is 0 Å². The second-order valence-electron chi connectivity index (χ2n) is 3.77. The summed E-state index contributed by atoms with van der Waals surface area (Å²) in [5, 5.41) is 18.2. The predicted octanol–water partition coefficient (Wildman–Crippen LogP) is 1.93. The van der Waals surface area contributed by atoms with Crippen LogP contribution in [0.25, 0.3) is 0 Å². The molecule has 1 aromatic rings. The molecular weight excluding hydrogens is 225 g/mol. The van der Waals surface area contributed by atoms with E-state index in [1.807, 2.05) is 0 Å². The first-order chi connectivity index (χ1) is 7.40. The number of carbonyl (C=O) groups is 1. The van der Waals surface area contributed by atoms with Crippen LogP contribution in [0.5, 0.6) is 5.75 Å². The molecule has 0 heterocycles. The van der Waals surface area contributed by atoms with Crippen molar-refractivity contribution in [2.45, 2.75) is 18.3 Å². The lowest BCUT2D eigenvalue weighted by molar-refractivity contribution is -0.140. The van der Waals surface area contributed by atoms with Crippen LogP contribution in [0.4, 0.5) is 13.2 Å². The van der Waals surface area contributed by atoms with Gasteiger partial charge in [0, 0.05) is 5.56 Å². The molecule has 16 heavy (non-hydrogen) atoms. The fraction of sp³-hybridized carbons (Fsp3) is 0.300. The topological polar surface area (TPSA) is 57.5 Å². The van der Waals surface area contributed by atoms with E-state index in [-0.39, 0.29) is 12.8 Å².